The third-order valence-electron chi connectivity index (χ3n) is 3.84. The zero-order valence-corrected chi connectivity index (χ0v) is 14.8. The Labute approximate surface area is 149 Å². The molecule has 1 aromatic heterocycles. The number of halogens is 1. The van der Waals surface area contributed by atoms with Crippen molar-refractivity contribution in [1.82, 2.24) is 0 Å². The second-order valence-corrected chi connectivity index (χ2v) is 8.61. The molecular formula is C19H15FO3S2. The fourth-order valence-corrected chi connectivity index (χ4v) is 5.41. The van der Waals surface area contributed by atoms with Gasteiger partial charge >= 0.3 is 0 Å². The normalized spacial score (nSPS) is 12.7. The van der Waals surface area contributed by atoms with Gasteiger partial charge in [-0.15, -0.1) is 11.3 Å². The summed E-state index contributed by atoms with van der Waals surface area (Å²) in [6, 6.07) is 16.7. The number of rotatable bonds is 6. The summed E-state index contributed by atoms with van der Waals surface area (Å²) >= 11 is 1.30. The molecule has 0 radical (unpaired) electrons. The van der Waals surface area contributed by atoms with E-state index >= 15 is 0 Å². The minimum atomic E-state index is -3.72. The molecule has 1 atom stereocenters. The van der Waals surface area contributed by atoms with Crippen LogP contribution in [-0.2, 0) is 9.84 Å². The molecule has 0 saturated heterocycles. The summed E-state index contributed by atoms with van der Waals surface area (Å²) in [5.74, 6) is -0.777. The van der Waals surface area contributed by atoms with Crippen LogP contribution in [0, 0.1) is 5.82 Å². The van der Waals surface area contributed by atoms with Crippen LogP contribution in [0.15, 0.2) is 77.0 Å². The van der Waals surface area contributed by atoms with E-state index in [1.54, 1.807) is 35.7 Å². The van der Waals surface area contributed by atoms with E-state index in [0.29, 0.717) is 10.4 Å². The molecule has 0 bridgehead atoms. The van der Waals surface area contributed by atoms with Gasteiger partial charge in [0.2, 0.25) is 0 Å². The van der Waals surface area contributed by atoms with Crippen LogP contribution in [0.4, 0.5) is 4.39 Å². The van der Waals surface area contributed by atoms with Crippen LogP contribution in [0.2, 0.25) is 0 Å². The number of hydrogen-bond acceptors (Lipinski definition) is 4. The van der Waals surface area contributed by atoms with E-state index in [9.17, 15) is 17.6 Å². The Morgan fingerprint density at radius 1 is 0.960 bits per heavy atom. The van der Waals surface area contributed by atoms with Crippen molar-refractivity contribution in [1.29, 1.82) is 0 Å². The minimum Gasteiger partial charge on any atom is -0.294 e. The highest BCUT2D eigenvalue weighted by Gasteiger charge is 2.32. The molecule has 0 N–H and O–H groups in total. The lowest BCUT2D eigenvalue weighted by Crippen LogP contribution is -2.17. The lowest BCUT2D eigenvalue weighted by Gasteiger charge is -2.16. The van der Waals surface area contributed by atoms with Crippen LogP contribution in [0.25, 0.3) is 0 Å². The number of thiophene rings is 1. The predicted octanol–water partition coefficient (Wildman–Crippen LogP) is 4.68. The number of benzene rings is 2. The third-order valence-corrected chi connectivity index (χ3v) is 7.08. The van der Waals surface area contributed by atoms with Gasteiger partial charge in [0.1, 0.15) is 11.1 Å². The van der Waals surface area contributed by atoms with Gasteiger partial charge in [-0.3, -0.25) is 4.79 Å². The summed E-state index contributed by atoms with van der Waals surface area (Å²) in [4.78, 5) is 13.3. The molecule has 3 rings (SSSR count). The van der Waals surface area contributed by atoms with Crippen LogP contribution < -0.4 is 0 Å². The molecule has 3 aromatic rings. The Hall–Kier alpha value is -2.31. The summed E-state index contributed by atoms with van der Waals surface area (Å²) in [7, 11) is -3.72. The molecule has 25 heavy (non-hydrogen) atoms. The molecule has 128 valence electrons. The van der Waals surface area contributed by atoms with Crippen LogP contribution in [0.3, 0.4) is 0 Å². The highest BCUT2D eigenvalue weighted by Crippen LogP contribution is 2.35. The van der Waals surface area contributed by atoms with Crippen LogP contribution in [0.5, 0.6) is 0 Å². The van der Waals surface area contributed by atoms with Crippen molar-refractivity contribution >= 4 is 27.0 Å². The quantitative estimate of drug-likeness (QED) is 0.589. The monoisotopic (exact) mass is 374 g/mol. The average Bonchev–Trinajstić information content (AvgIpc) is 3.15. The number of ketones is 1. The summed E-state index contributed by atoms with van der Waals surface area (Å²) in [5.41, 5.74) is 0.297. The van der Waals surface area contributed by atoms with E-state index in [1.165, 1.54) is 47.7 Å². The van der Waals surface area contributed by atoms with Crippen molar-refractivity contribution in [3.63, 3.8) is 0 Å². The molecule has 0 spiro atoms. The summed E-state index contributed by atoms with van der Waals surface area (Å²) in [5, 5.41) is 0.818. The lowest BCUT2D eigenvalue weighted by molar-refractivity contribution is 0.0981. The Morgan fingerprint density at radius 2 is 1.64 bits per heavy atom. The zero-order chi connectivity index (χ0) is 17.9. The number of carbonyl (C=O) groups excluding carboxylic acids is 1. The summed E-state index contributed by atoms with van der Waals surface area (Å²) in [6.07, 6.45) is -0.191. The zero-order valence-electron chi connectivity index (χ0n) is 13.1. The fraction of sp³-hybridized carbons (Fsp3) is 0.105. The van der Waals surface area contributed by atoms with Crippen molar-refractivity contribution in [3.05, 3.63) is 88.4 Å². The van der Waals surface area contributed by atoms with Crippen molar-refractivity contribution in [2.45, 2.75) is 16.6 Å². The first kappa shape index (κ1) is 17.5. The van der Waals surface area contributed by atoms with Gasteiger partial charge in [-0.1, -0.05) is 24.3 Å². The van der Waals surface area contributed by atoms with Crippen molar-refractivity contribution in [3.8, 4) is 0 Å². The smallest absolute Gasteiger partial charge is 0.186 e. The Morgan fingerprint density at radius 3 is 2.24 bits per heavy atom. The van der Waals surface area contributed by atoms with E-state index in [-0.39, 0.29) is 17.1 Å². The van der Waals surface area contributed by atoms with Gasteiger partial charge in [0.15, 0.2) is 15.6 Å². The highest BCUT2D eigenvalue weighted by molar-refractivity contribution is 7.91. The third kappa shape index (κ3) is 3.86. The Balaban J connectivity index is 1.96. The number of carbonyl (C=O) groups is 1. The molecule has 0 aliphatic rings. The van der Waals surface area contributed by atoms with Gasteiger partial charge in [-0.25, -0.2) is 12.8 Å². The Kier molecular flexibility index (Phi) is 5.11. The molecule has 0 amide bonds. The molecule has 2 aromatic carbocycles. The van der Waals surface area contributed by atoms with Crippen molar-refractivity contribution < 1.29 is 17.6 Å². The molecule has 0 aliphatic heterocycles. The van der Waals surface area contributed by atoms with E-state index in [2.05, 4.69) is 0 Å². The second-order valence-electron chi connectivity index (χ2n) is 5.50. The molecule has 1 heterocycles. The number of sulfone groups is 1. The van der Waals surface area contributed by atoms with Gasteiger partial charge < -0.3 is 0 Å². The maximum Gasteiger partial charge on any atom is 0.186 e. The maximum atomic E-state index is 13.0. The number of hydrogen-bond donors (Lipinski definition) is 0. The molecule has 0 fully saturated rings. The van der Waals surface area contributed by atoms with Crippen LogP contribution in [0.1, 0.15) is 26.9 Å². The first-order chi connectivity index (χ1) is 12.0. The predicted molar refractivity (Wildman–Crippen MR) is 96.0 cm³/mol. The molecule has 0 unspecified atom stereocenters. The minimum absolute atomic E-state index is 0.181. The first-order valence-electron chi connectivity index (χ1n) is 7.59. The summed E-state index contributed by atoms with van der Waals surface area (Å²) in [6.45, 7) is 0. The van der Waals surface area contributed by atoms with Gasteiger partial charge in [-0.05, 0) is 47.8 Å². The van der Waals surface area contributed by atoms with Gasteiger partial charge in [0, 0.05) is 16.9 Å². The van der Waals surface area contributed by atoms with Crippen LogP contribution >= 0.6 is 11.3 Å². The van der Waals surface area contributed by atoms with Crippen molar-refractivity contribution in [2.75, 3.05) is 0 Å². The fourth-order valence-electron chi connectivity index (χ4n) is 2.53. The summed E-state index contributed by atoms with van der Waals surface area (Å²) < 4.78 is 39.1. The van der Waals surface area contributed by atoms with E-state index in [4.69, 9.17) is 0 Å². The molecule has 0 saturated carbocycles. The molecule has 0 aliphatic carbocycles. The number of Topliss-reactive ketones (excluding diaryl/α,β-unsaturated/α-hetero) is 1. The van der Waals surface area contributed by atoms with E-state index < -0.39 is 20.9 Å². The molecular weight excluding hydrogens is 359 g/mol. The van der Waals surface area contributed by atoms with Gasteiger partial charge in [0.25, 0.3) is 0 Å². The second kappa shape index (κ2) is 7.29. The SMILES string of the molecule is O=C(C[C@@H](c1cccs1)S(=O)(=O)c1ccccc1)c1ccc(F)cc1. The van der Waals surface area contributed by atoms with E-state index in [0.717, 1.165) is 0 Å². The topological polar surface area (TPSA) is 51.2 Å². The average molecular weight is 374 g/mol. The Bertz CT molecular complexity index is 948. The van der Waals surface area contributed by atoms with Gasteiger partial charge in [0.05, 0.1) is 4.90 Å². The van der Waals surface area contributed by atoms with Crippen LogP contribution in [-0.4, -0.2) is 14.2 Å². The first-order valence-corrected chi connectivity index (χ1v) is 10.0. The largest absolute Gasteiger partial charge is 0.294 e. The molecule has 3 nitrogen and oxygen atoms in total. The molecule has 6 heteroatoms. The lowest BCUT2D eigenvalue weighted by atomic mass is 10.1. The van der Waals surface area contributed by atoms with Gasteiger partial charge in [-0.2, -0.15) is 0 Å². The van der Waals surface area contributed by atoms with Crippen molar-refractivity contribution in [2.24, 2.45) is 0 Å². The maximum absolute atomic E-state index is 13.0. The highest BCUT2D eigenvalue weighted by atomic mass is 32.2. The standard InChI is InChI=1S/C19H15FO3S2/c20-15-10-8-14(9-11-15)17(21)13-19(18-7-4-12-24-18)25(22,23)16-5-2-1-3-6-16/h1-12,19H,13H2/t19-/m0/s1. The van der Waals surface area contributed by atoms with E-state index in [1.807, 2.05) is 0 Å².